The molecule has 0 radical (unpaired) electrons. The molecule has 1 spiro atoms. The van der Waals surface area contributed by atoms with Crippen molar-refractivity contribution in [3.8, 4) is 5.88 Å². The van der Waals surface area contributed by atoms with Gasteiger partial charge in [-0.25, -0.2) is 13.1 Å². The first-order chi connectivity index (χ1) is 31.5. The average molecular weight is 923 g/mol. The monoisotopic (exact) mass is 922 g/mol. The summed E-state index contributed by atoms with van der Waals surface area (Å²) >= 11 is 6.30. The van der Waals surface area contributed by atoms with Gasteiger partial charge in [-0.05, 0) is 103 Å². The molecular weight excluding hydrogens is 872 g/mol. The van der Waals surface area contributed by atoms with E-state index in [9.17, 15) is 23.3 Å². The highest BCUT2D eigenvalue weighted by Gasteiger charge is 2.41. The van der Waals surface area contributed by atoms with E-state index in [4.69, 9.17) is 30.8 Å². The zero-order valence-corrected chi connectivity index (χ0v) is 37.5. The lowest BCUT2D eigenvalue weighted by Crippen LogP contribution is -2.47. The van der Waals surface area contributed by atoms with Gasteiger partial charge in [0.2, 0.25) is 5.88 Å². The van der Waals surface area contributed by atoms with Gasteiger partial charge in [0.15, 0.2) is 0 Å². The molecule has 18 heteroatoms. The molecule has 10 rings (SSSR count). The zero-order chi connectivity index (χ0) is 44.7. The number of sulfonamides is 1. The molecule has 340 valence electrons. The number of nitro benzene ring substituents is 1. The van der Waals surface area contributed by atoms with Crippen molar-refractivity contribution in [1.29, 1.82) is 0 Å². The number of amides is 1. The SMILES string of the molecule is O=C(NS(=O)(=O)c1ccc(NCC2COCCO2)c([N+](=O)[O-])c1)c1ccc(N2CCN(CC3=C(c4ccc(Cl)cc4)CC4(CCC4)CC3)CC2)cc1N1CCOc2nc3[nH]ccc3cc21. The molecule has 5 aliphatic rings. The molecule has 1 saturated carbocycles. The predicted molar refractivity (Wildman–Crippen MR) is 249 cm³/mol. The number of carbonyl (C=O) groups is 1. The van der Waals surface area contributed by atoms with Crippen LogP contribution in [0.3, 0.4) is 0 Å². The number of hydrogen-bond acceptors (Lipinski definition) is 13. The van der Waals surface area contributed by atoms with Crippen molar-refractivity contribution in [3.05, 3.63) is 111 Å². The number of piperazine rings is 1. The summed E-state index contributed by atoms with van der Waals surface area (Å²) in [7, 11) is -4.58. The van der Waals surface area contributed by atoms with Crippen molar-refractivity contribution in [2.75, 3.05) is 87.4 Å². The third-order valence-electron chi connectivity index (χ3n) is 13.6. The third kappa shape index (κ3) is 8.99. The molecule has 1 unspecified atom stereocenters. The van der Waals surface area contributed by atoms with Crippen LogP contribution in [0.1, 0.15) is 54.4 Å². The number of H-pyrrole nitrogens is 1. The molecular formula is C47H51ClN8O8S. The Labute approximate surface area is 382 Å². The van der Waals surface area contributed by atoms with Crippen LogP contribution >= 0.6 is 11.6 Å². The Morgan fingerprint density at radius 3 is 2.54 bits per heavy atom. The number of nitrogens with zero attached hydrogens (tertiary/aromatic N) is 5. The van der Waals surface area contributed by atoms with E-state index in [-0.39, 0.29) is 30.5 Å². The maximum absolute atomic E-state index is 14.3. The van der Waals surface area contributed by atoms with Gasteiger partial charge in [0, 0.05) is 67.6 Å². The minimum Gasteiger partial charge on any atom is -0.474 e. The van der Waals surface area contributed by atoms with Gasteiger partial charge in [-0.15, -0.1) is 0 Å². The van der Waals surface area contributed by atoms with Gasteiger partial charge < -0.3 is 34.3 Å². The number of anilines is 4. The fourth-order valence-corrected chi connectivity index (χ4v) is 11.0. The summed E-state index contributed by atoms with van der Waals surface area (Å²) in [6.45, 7) is 6.17. The van der Waals surface area contributed by atoms with E-state index in [2.05, 4.69) is 37.0 Å². The molecule has 3 fully saturated rings. The van der Waals surface area contributed by atoms with E-state index >= 15 is 0 Å². The number of aromatic nitrogens is 2. The van der Waals surface area contributed by atoms with Crippen molar-refractivity contribution < 1.29 is 32.3 Å². The van der Waals surface area contributed by atoms with E-state index in [1.54, 1.807) is 12.3 Å². The van der Waals surface area contributed by atoms with Crippen molar-refractivity contribution in [2.45, 2.75) is 49.5 Å². The Morgan fingerprint density at radius 1 is 0.954 bits per heavy atom. The second-order valence-corrected chi connectivity index (χ2v) is 19.8. The maximum Gasteiger partial charge on any atom is 0.293 e. The standard InChI is InChI=1S/C47H51ClN8O8S/c48-34-4-2-31(3-5-34)39-27-47(12-1-13-47)14-10-33(39)29-53-16-18-54(19-17-53)35-6-8-38(41(25-35)55-20-21-64-46-43(55)24-32-11-15-49-44(32)51-46)45(57)52-65(60,61)37-7-9-40(42(26-37)56(58)59)50-28-36-30-62-22-23-63-36/h2-9,11,15,24-26,36,50H,1,10,12-14,16-23,27-30H2,(H,49,51)(H,52,57). The number of carbonyl (C=O) groups excluding carboxylic acids is 1. The number of allylic oxidation sites excluding steroid dienone is 1. The minimum absolute atomic E-state index is 0.101. The summed E-state index contributed by atoms with van der Waals surface area (Å²) in [5.74, 6) is -0.508. The zero-order valence-electron chi connectivity index (χ0n) is 35.9. The Kier molecular flexibility index (Phi) is 11.9. The third-order valence-corrected chi connectivity index (χ3v) is 15.2. The number of ether oxygens (including phenoxy) is 3. The quantitative estimate of drug-likeness (QED) is 0.0825. The minimum atomic E-state index is -4.58. The second-order valence-electron chi connectivity index (χ2n) is 17.6. The Balaban J connectivity index is 0.906. The average Bonchev–Trinajstić information content (AvgIpc) is 3.77. The molecule has 1 amide bonds. The summed E-state index contributed by atoms with van der Waals surface area (Å²) in [4.78, 5) is 39.9. The second kappa shape index (κ2) is 17.9. The van der Waals surface area contributed by atoms with E-state index in [0.29, 0.717) is 54.7 Å². The predicted octanol–water partition coefficient (Wildman–Crippen LogP) is 7.53. The van der Waals surface area contributed by atoms with Crippen LogP contribution in [0.4, 0.5) is 28.4 Å². The van der Waals surface area contributed by atoms with Crippen LogP contribution in [0.25, 0.3) is 16.6 Å². The van der Waals surface area contributed by atoms with Gasteiger partial charge in [0.1, 0.15) is 23.6 Å². The van der Waals surface area contributed by atoms with Crippen LogP contribution in [0.2, 0.25) is 5.02 Å². The Bertz CT molecular complexity index is 2760. The molecule has 3 aromatic carbocycles. The van der Waals surface area contributed by atoms with Crippen LogP contribution in [0, 0.1) is 15.5 Å². The number of pyridine rings is 1. The molecule has 65 heavy (non-hydrogen) atoms. The summed E-state index contributed by atoms with van der Waals surface area (Å²) in [6, 6.07) is 21.1. The number of benzene rings is 3. The Hall–Kier alpha value is -5.72. The normalized spacial score (nSPS) is 20.0. The van der Waals surface area contributed by atoms with Crippen LogP contribution in [-0.4, -0.2) is 112 Å². The van der Waals surface area contributed by atoms with Crippen molar-refractivity contribution in [1.82, 2.24) is 19.6 Å². The molecule has 3 aliphatic heterocycles. The number of halogens is 1. The highest BCUT2D eigenvalue weighted by Crippen LogP contribution is 2.55. The lowest BCUT2D eigenvalue weighted by atomic mass is 9.59. The smallest absolute Gasteiger partial charge is 0.293 e. The largest absolute Gasteiger partial charge is 0.474 e. The lowest BCUT2D eigenvalue weighted by molar-refractivity contribution is -0.384. The van der Waals surface area contributed by atoms with E-state index in [0.717, 1.165) is 67.7 Å². The van der Waals surface area contributed by atoms with Gasteiger partial charge in [-0.2, -0.15) is 4.98 Å². The lowest BCUT2D eigenvalue weighted by Gasteiger charge is -2.47. The summed E-state index contributed by atoms with van der Waals surface area (Å²) in [6.07, 6.45) is 8.88. The van der Waals surface area contributed by atoms with Crippen LogP contribution in [0.5, 0.6) is 5.88 Å². The van der Waals surface area contributed by atoms with Crippen molar-refractivity contribution in [2.24, 2.45) is 5.41 Å². The van der Waals surface area contributed by atoms with Gasteiger partial charge >= 0.3 is 0 Å². The number of nitro groups is 1. The summed E-state index contributed by atoms with van der Waals surface area (Å²) in [5.41, 5.74) is 7.11. The fraction of sp³-hybridized carbons (Fsp3) is 0.404. The number of nitrogens with one attached hydrogen (secondary N) is 3. The van der Waals surface area contributed by atoms with Gasteiger partial charge in [0.25, 0.3) is 21.6 Å². The highest BCUT2D eigenvalue weighted by molar-refractivity contribution is 7.90. The van der Waals surface area contributed by atoms with Crippen LogP contribution in [0.15, 0.2) is 89.5 Å². The van der Waals surface area contributed by atoms with Gasteiger partial charge in [-0.1, -0.05) is 35.7 Å². The topological polar surface area (TPSA) is 185 Å². The molecule has 2 aliphatic carbocycles. The van der Waals surface area contributed by atoms with Crippen molar-refractivity contribution in [3.63, 3.8) is 0 Å². The molecule has 2 saturated heterocycles. The van der Waals surface area contributed by atoms with Gasteiger partial charge in [0.05, 0.1) is 53.5 Å². The van der Waals surface area contributed by atoms with Gasteiger partial charge in [-0.3, -0.25) is 19.8 Å². The molecule has 2 aromatic heterocycles. The Morgan fingerprint density at radius 2 is 1.78 bits per heavy atom. The van der Waals surface area contributed by atoms with Crippen molar-refractivity contribution >= 4 is 72.6 Å². The van der Waals surface area contributed by atoms with E-state index < -0.39 is 31.4 Å². The van der Waals surface area contributed by atoms with E-state index in [1.807, 2.05) is 41.3 Å². The molecule has 16 nitrogen and oxygen atoms in total. The summed E-state index contributed by atoms with van der Waals surface area (Å²) in [5, 5.41) is 16.7. The molecule has 1 atom stereocenters. The first-order valence-electron chi connectivity index (χ1n) is 22.3. The van der Waals surface area contributed by atoms with Crippen LogP contribution in [-0.2, 0) is 19.5 Å². The summed E-state index contributed by atoms with van der Waals surface area (Å²) < 4.78 is 47.0. The highest BCUT2D eigenvalue weighted by atomic mass is 35.5. The molecule has 0 bridgehead atoms. The molecule has 5 aromatic rings. The molecule has 3 N–H and O–H groups in total. The fourth-order valence-electron chi connectivity index (χ4n) is 9.91. The number of fused-ring (bicyclic) bond motifs is 2. The first-order valence-corrected chi connectivity index (χ1v) is 24.1. The number of rotatable bonds is 12. The first kappa shape index (κ1) is 43.2. The number of aromatic amines is 1. The molecule has 5 heterocycles. The van der Waals surface area contributed by atoms with Crippen LogP contribution < -0.4 is 24.6 Å². The number of hydrogen-bond donors (Lipinski definition) is 3. The van der Waals surface area contributed by atoms with E-state index in [1.165, 1.54) is 54.5 Å². The maximum atomic E-state index is 14.3.